The van der Waals surface area contributed by atoms with Crippen molar-refractivity contribution >= 4 is 0 Å². The Morgan fingerprint density at radius 1 is 1.67 bits per heavy atom. The van der Waals surface area contributed by atoms with Crippen LogP contribution in [0.5, 0.6) is 0 Å². The highest BCUT2D eigenvalue weighted by atomic mass is 16.5. The molecule has 1 atom stereocenters. The highest BCUT2D eigenvalue weighted by Gasteiger charge is 2.16. The molecule has 0 N–H and O–H groups in total. The maximum Gasteiger partial charge on any atom is 0.0764 e. The van der Waals surface area contributed by atoms with Crippen molar-refractivity contribution < 1.29 is 4.74 Å². The van der Waals surface area contributed by atoms with Gasteiger partial charge in [0.25, 0.3) is 0 Å². The van der Waals surface area contributed by atoms with Crippen LogP contribution < -0.4 is 0 Å². The first-order valence-electron chi connectivity index (χ1n) is 3.53. The topological polar surface area (TPSA) is 9.23 Å². The van der Waals surface area contributed by atoms with E-state index in [4.69, 9.17) is 4.74 Å². The van der Waals surface area contributed by atoms with Gasteiger partial charge < -0.3 is 4.74 Å². The van der Waals surface area contributed by atoms with Gasteiger partial charge in [0.2, 0.25) is 0 Å². The quantitative estimate of drug-likeness (QED) is 0.488. The van der Waals surface area contributed by atoms with E-state index in [0.717, 1.165) is 6.61 Å². The summed E-state index contributed by atoms with van der Waals surface area (Å²) in [4.78, 5) is 0. The molecule has 0 unspecified atom stereocenters. The molecular weight excluding hydrogens is 112 g/mol. The molecule has 0 aliphatic carbocycles. The summed E-state index contributed by atoms with van der Waals surface area (Å²) >= 11 is 0. The number of ether oxygens (including phenoxy) is 1. The van der Waals surface area contributed by atoms with Crippen LogP contribution in [0, 0.1) is 5.92 Å². The second-order valence-corrected chi connectivity index (χ2v) is 2.83. The lowest BCUT2D eigenvalue weighted by Crippen LogP contribution is -2.08. The molecule has 1 aliphatic rings. The smallest absolute Gasteiger partial charge is 0.0764 e. The molecule has 0 aromatic rings. The fourth-order valence-electron chi connectivity index (χ4n) is 1.26. The summed E-state index contributed by atoms with van der Waals surface area (Å²) in [5.41, 5.74) is 1.45. The van der Waals surface area contributed by atoms with Crippen molar-refractivity contribution in [2.75, 3.05) is 6.61 Å². The molecule has 1 nitrogen and oxygen atoms in total. The molecule has 0 fully saturated rings. The van der Waals surface area contributed by atoms with Crippen LogP contribution in [0.2, 0.25) is 0 Å². The summed E-state index contributed by atoms with van der Waals surface area (Å²) < 4.78 is 5.33. The second-order valence-electron chi connectivity index (χ2n) is 2.83. The molecule has 0 saturated carbocycles. The SMILES string of the molecule is CC(C)C1=CCO[C@H]1C. The molecule has 0 amide bonds. The standard InChI is InChI=1S/C8H14O/c1-6(2)8-4-5-9-7(8)3/h4,6-7H,5H2,1-3H3/t7-/m0/s1. The Morgan fingerprint density at radius 3 is 2.56 bits per heavy atom. The van der Waals surface area contributed by atoms with E-state index in [-0.39, 0.29) is 0 Å². The van der Waals surface area contributed by atoms with Crippen LogP contribution in [0.25, 0.3) is 0 Å². The molecular formula is C8H14O. The van der Waals surface area contributed by atoms with Gasteiger partial charge in [-0.1, -0.05) is 19.9 Å². The van der Waals surface area contributed by atoms with Crippen LogP contribution in [0.1, 0.15) is 20.8 Å². The van der Waals surface area contributed by atoms with E-state index in [1.54, 1.807) is 0 Å². The third kappa shape index (κ3) is 1.33. The summed E-state index contributed by atoms with van der Waals surface area (Å²) in [7, 11) is 0. The lowest BCUT2D eigenvalue weighted by atomic mass is 10.0. The predicted molar refractivity (Wildman–Crippen MR) is 38.3 cm³/mol. The van der Waals surface area contributed by atoms with E-state index < -0.39 is 0 Å². The summed E-state index contributed by atoms with van der Waals surface area (Å²) in [5.74, 6) is 0.655. The third-order valence-corrected chi connectivity index (χ3v) is 1.80. The van der Waals surface area contributed by atoms with Crippen molar-refractivity contribution in [3.63, 3.8) is 0 Å². The molecule has 9 heavy (non-hydrogen) atoms. The third-order valence-electron chi connectivity index (χ3n) is 1.80. The van der Waals surface area contributed by atoms with E-state index in [2.05, 4.69) is 26.8 Å². The number of hydrogen-bond acceptors (Lipinski definition) is 1. The van der Waals surface area contributed by atoms with Gasteiger partial charge in [0.05, 0.1) is 12.7 Å². The van der Waals surface area contributed by atoms with Gasteiger partial charge in [-0.05, 0) is 18.4 Å². The summed E-state index contributed by atoms with van der Waals surface area (Å²) in [6.45, 7) is 7.33. The number of hydrogen-bond donors (Lipinski definition) is 0. The molecule has 1 aliphatic heterocycles. The minimum atomic E-state index is 0.366. The number of rotatable bonds is 1. The first-order valence-corrected chi connectivity index (χ1v) is 3.53. The molecule has 0 saturated heterocycles. The van der Waals surface area contributed by atoms with Crippen LogP contribution in [0.3, 0.4) is 0 Å². The molecule has 0 spiro atoms. The Kier molecular flexibility index (Phi) is 1.91. The zero-order valence-electron chi connectivity index (χ0n) is 6.35. The second kappa shape index (κ2) is 2.53. The normalized spacial score (nSPS) is 27.1. The van der Waals surface area contributed by atoms with Gasteiger partial charge in [0, 0.05) is 0 Å². The highest BCUT2D eigenvalue weighted by molar-refractivity contribution is 5.13. The largest absolute Gasteiger partial charge is 0.370 e. The average Bonchev–Trinajstić information content (AvgIpc) is 2.13. The van der Waals surface area contributed by atoms with Crippen molar-refractivity contribution in [2.45, 2.75) is 26.9 Å². The highest BCUT2D eigenvalue weighted by Crippen LogP contribution is 2.20. The summed E-state index contributed by atoms with van der Waals surface area (Å²) in [6.07, 6.45) is 2.56. The minimum Gasteiger partial charge on any atom is -0.370 e. The molecule has 1 heterocycles. The zero-order valence-corrected chi connectivity index (χ0v) is 6.35. The summed E-state index contributed by atoms with van der Waals surface area (Å²) in [5, 5.41) is 0. The Labute approximate surface area is 56.7 Å². The fourth-order valence-corrected chi connectivity index (χ4v) is 1.26. The monoisotopic (exact) mass is 126 g/mol. The van der Waals surface area contributed by atoms with Gasteiger partial charge in [0.15, 0.2) is 0 Å². The molecule has 1 heteroatoms. The molecule has 0 bridgehead atoms. The fraction of sp³-hybridized carbons (Fsp3) is 0.750. The average molecular weight is 126 g/mol. The lowest BCUT2D eigenvalue weighted by molar-refractivity contribution is 0.131. The first kappa shape index (κ1) is 6.81. The van der Waals surface area contributed by atoms with E-state index in [0.29, 0.717) is 12.0 Å². The lowest BCUT2D eigenvalue weighted by Gasteiger charge is -2.11. The molecule has 1 rings (SSSR count). The Bertz CT molecular complexity index is 125. The Hall–Kier alpha value is -0.300. The van der Waals surface area contributed by atoms with E-state index in [1.807, 2.05) is 0 Å². The van der Waals surface area contributed by atoms with Crippen LogP contribution >= 0.6 is 0 Å². The molecule has 0 radical (unpaired) electrons. The molecule has 0 aromatic heterocycles. The van der Waals surface area contributed by atoms with Crippen LogP contribution in [0.15, 0.2) is 11.6 Å². The van der Waals surface area contributed by atoms with Gasteiger partial charge in [-0.2, -0.15) is 0 Å². The minimum absolute atomic E-state index is 0.366. The van der Waals surface area contributed by atoms with Crippen molar-refractivity contribution in [1.29, 1.82) is 0 Å². The first-order chi connectivity index (χ1) is 4.22. The van der Waals surface area contributed by atoms with Gasteiger partial charge in [-0.15, -0.1) is 0 Å². The van der Waals surface area contributed by atoms with Crippen LogP contribution in [-0.4, -0.2) is 12.7 Å². The summed E-state index contributed by atoms with van der Waals surface area (Å²) in [6, 6.07) is 0. The van der Waals surface area contributed by atoms with Gasteiger partial charge in [-0.3, -0.25) is 0 Å². The van der Waals surface area contributed by atoms with Crippen molar-refractivity contribution in [2.24, 2.45) is 5.92 Å². The van der Waals surface area contributed by atoms with E-state index in [1.165, 1.54) is 5.57 Å². The Morgan fingerprint density at radius 2 is 2.33 bits per heavy atom. The van der Waals surface area contributed by atoms with Crippen LogP contribution in [0.4, 0.5) is 0 Å². The van der Waals surface area contributed by atoms with Gasteiger partial charge in [-0.25, -0.2) is 0 Å². The molecule has 52 valence electrons. The van der Waals surface area contributed by atoms with Gasteiger partial charge >= 0.3 is 0 Å². The molecule has 0 aromatic carbocycles. The van der Waals surface area contributed by atoms with Gasteiger partial charge in [0.1, 0.15) is 0 Å². The van der Waals surface area contributed by atoms with Crippen molar-refractivity contribution in [3.05, 3.63) is 11.6 Å². The van der Waals surface area contributed by atoms with Crippen molar-refractivity contribution in [3.8, 4) is 0 Å². The maximum atomic E-state index is 5.33. The maximum absolute atomic E-state index is 5.33. The predicted octanol–water partition coefficient (Wildman–Crippen LogP) is 1.99. The van der Waals surface area contributed by atoms with E-state index >= 15 is 0 Å². The van der Waals surface area contributed by atoms with Crippen molar-refractivity contribution in [1.82, 2.24) is 0 Å². The zero-order chi connectivity index (χ0) is 6.85. The van der Waals surface area contributed by atoms with Crippen LogP contribution in [-0.2, 0) is 4.74 Å². The van der Waals surface area contributed by atoms with E-state index in [9.17, 15) is 0 Å². The Balaban J connectivity index is 2.57.